The highest BCUT2D eigenvalue weighted by molar-refractivity contribution is 5.27. The van der Waals surface area contributed by atoms with Crippen molar-refractivity contribution in [2.24, 2.45) is 0 Å². The first kappa shape index (κ1) is 15.8. The van der Waals surface area contributed by atoms with Crippen LogP contribution in [0.1, 0.15) is 19.4 Å². The molecule has 0 atom stereocenters. The molecule has 0 aliphatic rings. The summed E-state index contributed by atoms with van der Waals surface area (Å²) in [5.74, 6) is -0.190. The van der Waals surface area contributed by atoms with Crippen LogP contribution in [-0.2, 0) is 6.54 Å². The number of hydrogen-bond donors (Lipinski definition) is 0. The zero-order valence-electron chi connectivity index (χ0n) is 10.5. The fourth-order valence-corrected chi connectivity index (χ4v) is 1.16. The molecule has 2 nitrogen and oxygen atoms in total. The van der Waals surface area contributed by atoms with Crippen LogP contribution in [0.4, 0.5) is 13.2 Å². The number of halogens is 3. The zero-order chi connectivity index (χ0) is 13.5. The van der Waals surface area contributed by atoms with Crippen molar-refractivity contribution in [1.29, 1.82) is 0 Å². The number of alkyl halides is 3. The quantitative estimate of drug-likeness (QED) is 0.810. The zero-order valence-corrected chi connectivity index (χ0v) is 10.5. The average Bonchev–Trinajstić information content (AvgIpc) is 2.21. The van der Waals surface area contributed by atoms with Crippen molar-refractivity contribution in [3.05, 3.63) is 29.8 Å². The molecule has 1 aromatic rings. The maximum Gasteiger partial charge on any atom is 0.573 e. The molecule has 0 aromatic heterocycles. The largest absolute Gasteiger partial charge is 0.573 e. The number of nitrogens with zero attached hydrogens (tertiary/aromatic N) is 1. The summed E-state index contributed by atoms with van der Waals surface area (Å²) in [7, 11) is 3.78. The van der Waals surface area contributed by atoms with Crippen molar-refractivity contribution in [2.75, 3.05) is 14.1 Å². The fourth-order valence-electron chi connectivity index (χ4n) is 1.16. The van der Waals surface area contributed by atoms with Gasteiger partial charge >= 0.3 is 6.36 Å². The van der Waals surface area contributed by atoms with Gasteiger partial charge in [-0.15, -0.1) is 13.2 Å². The molecule has 0 amide bonds. The van der Waals surface area contributed by atoms with E-state index in [-0.39, 0.29) is 5.75 Å². The molecule has 0 aliphatic heterocycles. The van der Waals surface area contributed by atoms with Gasteiger partial charge < -0.3 is 9.64 Å². The van der Waals surface area contributed by atoms with E-state index < -0.39 is 6.36 Å². The Labute approximate surface area is 100.0 Å². The summed E-state index contributed by atoms with van der Waals surface area (Å²) in [5, 5.41) is 0. The van der Waals surface area contributed by atoms with Crippen LogP contribution in [0.3, 0.4) is 0 Å². The van der Waals surface area contributed by atoms with E-state index in [9.17, 15) is 13.2 Å². The first-order chi connectivity index (χ1) is 7.87. The molecule has 0 N–H and O–H groups in total. The standard InChI is InChI=1S/C10H12F3NO.C2H6/c1-14(2)7-8-3-5-9(6-4-8)15-10(11,12)13;1-2/h3-6H,7H2,1-2H3;1-2H3. The summed E-state index contributed by atoms with van der Waals surface area (Å²) in [6, 6.07) is 5.85. The Morgan fingerprint density at radius 1 is 1.06 bits per heavy atom. The van der Waals surface area contributed by atoms with Crippen LogP contribution >= 0.6 is 0 Å². The van der Waals surface area contributed by atoms with Crippen molar-refractivity contribution in [1.82, 2.24) is 4.90 Å². The van der Waals surface area contributed by atoms with Crippen molar-refractivity contribution >= 4 is 0 Å². The van der Waals surface area contributed by atoms with Crippen LogP contribution in [0.15, 0.2) is 24.3 Å². The molecule has 1 rings (SSSR count). The minimum atomic E-state index is -4.62. The molecule has 17 heavy (non-hydrogen) atoms. The van der Waals surface area contributed by atoms with Gasteiger partial charge in [0.15, 0.2) is 0 Å². The second-order valence-electron chi connectivity index (χ2n) is 3.43. The maximum absolute atomic E-state index is 11.8. The highest BCUT2D eigenvalue weighted by atomic mass is 19.4. The van der Waals surface area contributed by atoms with Crippen LogP contribution in [-0.4, -0.2) is 25.4 Å². The summed E-state index contributed by atoms with van der Waals surface area (Å²) in [6.45, 7) is 4.69. The third kappa shape index (κ3) is 7.63. The molecule has 0 heterocycles. The summed E-state index contributed by atoms with van der Waals surface area (Å²) in [5.41, 5.74) is 0.939. The predicted molar refractivity (Wildman–Crippen MR) is 61.9 cm³/mol. The number of ether oxygens (including phenoxy) is 1. The molecule has 5 heteroatoms. The Hall–Kier alpha value is -1.23. The van der Waals surface area contributed by atoms with E-state index in [0.717, 1.165) is 5.56 Å². The van der Waals surface area contributed by atoms with E-state index in [1.165, 1.54) is 12.1 Å². The molecule has 0 bridgehead atoms. The van der Waals surface area contributed by atoms with Crippen molar-refractivity contribution in [3.63, 3.8) is 0 Å². The minimum absolute atomic E-state index is 0.190. The van der Waals surface area contributed by atoms with Gasteiger partial charge in [0.2, 0.25) is 0 Å². The van der Waals surface area contributed by atoms with Gasteiger partial charge in [-0.3, -0.25) is 0 Å². The van der Waals surface area contributed by atoms with E-state index in [2.05, 4.69) is 4.74 Å². The normalized spacial score (nSPS) is 10.8. The van der Waals surface area contributed by atoms with Gasteiger partial charge in [0.05, 0.1) is 0 Å². The van der Waals surface area contributed by atoms with Gasteiger partial charge in [0.1, 0.15) is 5.75 Å². The van der Waals surface area contributed by atoms with Gasteiger partial charge in [0.25, 0.3) is 0 Å². The second kappa shape index (κ2) is 7.17. The Bertz CT molecular complexity index is 307. The van der Waals surface area contributed by atoms with E-state index in [4.69, 9.17) is 0 Å². The lowest BCUT2D eigenvalue weighted by atomic mass is 10.2. The molecule has 0 aliphatic carbocycles. The minimum Gasteiger partial charge on any atom is -0.406 e. The molecule has 0 radical (unpaired) electrons. The monoisotopic (exact) mass is 249 g/mol. The van der Waals surface area contributed by atoms with Crippen molar-refractivity contribution in [2.45, 2.75) is 26.8 Å². The number of benzene rings is 1. The molecule has 0 saturated heterocycles. The van der Waals surface area contributed by atoms with E-state index in [0.29, 0.717) is 6.54 Å². The molecule has 0 fully saturated rings. The van der Waals surface area contributed by atoms with Gasteiger partial charge in [-0.2, -0.15) is 0 Å². The summed E-state index contributed by atoms with van der Waals surface area (Å²) >= 11 is 0. The predicted octanol–water partition coefficient (Wildman–Crippen LogP) is 3.67. The van der Waals surface area contributed by atoms with Crippen molar-refractivity contribution in [3.8, 4) is 5.75 Å². The van der Waals surface area contributed by atoms with Gasteiger partial charge in [-0.25, -0.2) is 0 Å². The van der Waals surface area contributed by atoms with Gasteiger partial charge in [0, 0.05) is 6.54 Å². The summed E-state index contributed by atoms with van der Waals surface area (Å²) in [4.78, 5) is 1.93. The average molecular weight is 249 g/mol. The maximum atomic E-state index is 11.8. The van der Waals surface area contributed by atoms with Crippen LogP contribution in [0.25, 0.3) is 0 Å². The van der Waals surface area contributed by atoms with Crippen LogP contribution in [0.5, 0.6) is 5.75 Å². The lowest BCUT2D eigenvalue weighted by molar-refractivity contribution is -0.274. The Morgan fingerprint density at radius 3 is 1.88 bits per heavy atom. The first-order valence-electron chi connectivity index (χ1n) is 5.36. The lowest BCUT2D eigenvalue weighted by Crippen LogP contribution is -2.17. The van der Waals surface area contributed by atoms with Crippen LogP contribution in [0, 0.1) is 0 Å². The molecule has 0 unspecified atom stereocenters. The molecular weight excluding hydrogens is 231 g/mol. The van der Waals surface area contributed by atoms with Crippen LogP contribution < -0.4 is 4.74 Å². The summed E-state index contributed by atoms with van der Waals surface area (Å²) < 4.78 is 39.2. The van der Waals surface area contributed by atoms with E-state index in [1.54, 1.807) is 12.1 Å². The smallest absolute Gasteiger partial charge is 0.406 e. The SMILES string of the molecule is CC.CN(C)Cc1ccc(OC(F)(F)F)cc1. The summed E-state index contributed by atoms with van der Waals surface area (Å²) in [6.07, 6.45) is -4.62. The Balaban J connectivity index is 0.00000121. The number of rotatable bonds is 3. The van der Waals surface area contributed by atoms with Crippen molar-refractivity contribution < 1.29 is 17.9 Å². The molecule has 0 saturated carbocycles. The topological polar surface area (TPSA) is 12.5 Å². The van der Waals surface area contributed by atoms with E-state index >= 15 is 0 Å². The molecular formula is C12H18F3NO. The highest BCUT2D eigenvalue weighted by Gasteiger charge is 2.30. The lowest BCUT2D eigenvalue weighted by Gasteiger charge is -2.11. The second-order valence-corrected chi connectivity index (χ2v) is 3.43. The van der Waals surface area contributed by atoms with Gasteiger partial charge in [-0.05, 0) is 31.8 Å². The molecule has 1 aromatic carbocycles. The van der Waals surface area contributed by atoms with Crippen LogP contribution in [0.2, 0.25) is 0 Å². The van der Waals surface area contributed by atoms with E-state index in [1.807, 2.05) is 32.8 Å². The Kier molecular flexibility index (Phi) is 6.65. The third-order valence-electron chi connectivity index (χ3n) is 1.66. The first-order valence-corrected chi connectivity index (χ1v) is 5.36. The highest BCUT2D eigenvalue weighted by Crippen LogP contribution is 2.22. The Morgan fingerprint density at radius 2 is 1.53 bits per heavy atom. The molecule has 0 spiro atoms. The fraction of sp³-hybridized carbons (Fsp3) is 0.500. The molecule has 98 valence electrons. The number of hydrogen-bond acceptors (Lipinski definition) is 2. The third-order valence-corrected chi connectivity index (χ3v) is 1.66. The van der Waals surface area contributed by atoms with Gasteiger partial charge in [-0.1, -0.05) is 26.0 Å².